The first-order valence-corrected chi connectivity index (χ1v) is 4.20. The lowest BCUT2D eigenvalue weighted by atomic mass is 10.5. The van der Waals surface area contributed by atoms with Crippen LogP contribution in [-0.2, 0) is 4.79 Å². The van der Waals surface area contributed by atoms with E-state index in [0.29, 0.717) is 5.11 Å². The Hall–Kier alpha value is -0.840. The number of amides is 1. The molecule has 4 nitrogen and oxygen atoms in total. The maximum absolute atomic E-state index is 11.0. The number of nitrogens with one attached hydrogen (secondary N) is 2. The van der Waals surface area contributed by atoms with Crippen molar-refractivity contribution < 1.29 is 4.79 Å². The molecule has 1 amide bonds. The molecule has 0 saturated carbocycles. The maximum Gasteiger partial charge on any atom is 0.241 e. The fraction of sp³-hybridized carbons (Fsp3) is 0.714. The molecule has 0 aromatic heterocycles. The van der Waals surface area contributed by atoms with Crippen molar-refractivity contribution in [1.82, 2.24) is 15.5 Å². The van der Waals surface area contributed by atoms with Gasteiger partial charge in [0.15, 0.2) is 5.11 Å². The van der Waals surface area contributed by atoms with Crippen LogP contribution in [0.3, 0.4) is 0 Å². The van der Waals surface area contributed by atoms with Gasteiger partial charge in [-0.05, 0) is 19.1 Å². The highest BCUT2D eigenvalue weighted by Gasteiger charge is 2.02. The van der Waals surface area contributed by atoms with Crippen LogP contribution in [0.5, 0.6) is 0 Å². The zero-order chi connectivity index (χ0) is 9.56. The van der Waals surface area contributed by atoms with Crippen molar-refractivity contribution in [3.8, 4) is 0 Å². The first-order chi connectivity index (χ1) is 5.57. The molecule has 0 unspecified atom stereocenters. The molecule has 70 valence electrons. The molecule has 0 saturated heterocycles. The lowest BCUT2D eigenvalue weighted by molar-refractivity contribution is -0.127. The molecule has 0 bridgehead atoms. The van der Waals surface area contributed by atoms with Crippen LogP contribution in [0.15, 0.2) is 0 Å². The minimum absolute atomic E-state index is 0.00949. The minimum atomic E-state index is 0.00949. The SMILES string of the molecule is CCNC(=S)NCC(=O)N(C)C. The number of thiocarbonyl (C=S) groups is 1. The first kappa shape index (κ1) is 11.2. The highest BCUT2D eigenvalue weighted by Crippen LogP contribution is 1.75. The van der Waals surface area contributed by atoms with Gasteiger partial charge in [0.25, 0.3) is 0 Å². The lowest BCUT2D eigenvalue weighted by Gasteiger charge is -2.12. The number of hydrogen-bond donors (Lipinski definition) is 2. The molecule has 0 aliphatic heterocycles. The molecule has 0 radical (unpaired) electrons. The molecule has 0 aromatic rings. The van der Waals surface area contributed by atoms with Gasteiger partial charge in [0.2, 0.25) is 5.91 Å². The molecule has 5 heteroatoms. The van der Waals surface area contributed by atoms with Gasteiger partial charge in [-0.1, -0.05) is 0 Å². The number of nitrogens with zero attached hydrogens (tertiary/aromatic N) is 1. The van der Waals surface area contributed by atoms with Gasteiger partial charge in [-0.15, -0.1) is 0 Å². The highest BCUT2D eigenvalue weighted by atomic mass is 32.1. The predicted molar refractivity (Wildman–Crippen MR) is 53.0 cm³/mol. The summed E-state index contributed by atoms with van der Waals surface area (Å²) < 4.78 is 0. The van der Waals surface area contributed by atoms with Gasteiger partial charge < -0.3 is 15.5 Å². The van der Waals surface area contributed by atoms with Crippen LogP contribution in [-0.4, -0.2) is 43.1 Å². The zero-order valence-corrected chi connectivity index (χ0v) is 8.49. The Bertz CT molecular complexity index is 170. The van der Waals surface area contributed by atoms with Crippen LogP contribution in [0.2, 0.25) is 0 Å². The van der Waals surface area contributed by atoms with Crippen LogP contribution in [0.25, 0.3) is 0 Å². The molecule has 0 aliphatic carbocycles. The third-order valence-electron chi connectivity index (χ3n) is 1.24. The van der Waals surface area contributed by atoms with Gasteiger partial charge in [0.1, 0.15) is 0 Å². The fourth-order valence-corrected chi connectivity index (χ4v) is 0.754. The van der Waals surface area contributed by atoms with Crippen molar-refractivity contribution in [2.45, 2.75) is 6.92 Å². The smallest absolute Gasteiger partial charge is 0.241 e. The number of likely N-dealkylation sites (N-methyl/N-ethyl adjacent to an activating group) is 1. The number of hydrogen-bond acceptors (Lipinski definition) is 2. The predicted octanol–water partition coefficient (Wildman–Crippen LogP) is -0.441. The largest absolute Gasteiger partial charge is 0.363 e. The molecule has 0 heterocycles. The summed E-state index contributed by atoms with van der Waals surface area (Å²) in [7, 11) is 3.42. The third kappa shape index (κ3) is 4.90. The van der Waals surface area contributed by atoms with E-state index in [9.17, 15) is 4.79 Å². The second-order valence-electron chi connectivity index (χ2n) is 2.50. The van der Waals surface area contributed by atoms with Crippen molar-refractivity contribution in [2.75, 3.05) is 27.2 Å². The van der Waals surface area contributed by atoms with Crippen LogP contribution in [0.4, 0.5) is 0 Å². The number of rotatable bonds is 3. The van der Waals surface area contributed by atoms with E-state index in [0.717, 1.165) is 6.54 Å². The van der Waals surface area contributed by atoms with Gasteiger partial charge in [-0.3, -0.25) is 4.79 Å². The van der Waals surface area contributed by atoms with Gasteiger partial charge in [0.05, 0.1) is 6.54 Å². The minimum Gasteiger partial charge on any atom is -0.363 e. The van der Waals surface area contributed by atoms with E-state index in [-0.39, 0.29) is 12.5 Å². The average Bonchev–Trinajstić information content (AvgIpc) is 2.00. The Balaban J connectivity index is 3.54. The van der Waals surface area contributed by atoms with Crippen molar-refractivity contribution in [3.63, 3.8) is 0 Å². The molecule has 0 aliphatic rings. The summed E-state index contributed by atoms with van der Waals surface area (Å²) in [5, 5.41) is 6.20. The Morgan fingerprint density at radius 3 is 2.42 bits per heavy atom. The molecular weight excluding hydrogens is 174 g/mol. The Kier molecular flexibility index (Phi) is 5.36. The van der Waals surface area contributed by atoms with Gasteiger partial charge in [0, 0.05) is 20.6 Å². The highest BCUT2D eigenvalue weighted by molar-refractivity contribution is 7.80. The zero-order valence-electron chi connectivity index (χ0n) is 7.68. The molecule has 0 fully saturated rings. The summed E-state index contributed by atoms with van der Waals surface area (Å²) >= 11 is 4.87. The van der Waals surface area contributed by atoms with Crippen molar-refractivity contribution in [1.29, 1.82) is 0 Å². The van der Waals surface area contributed by atoms with Crippen molar-refractivity contribution in [2.24, 2.45) is 0 Å². The van der Waals surface area contributed by atoms with E-state index < -0.39 is 0 Å². The molecule has 0 aromatic carbocycles. The summed E-state index contributed by atoms with van der Waals surface area (Å²) in [6, 6.07) is 0. The summed E-state index contributed by atoms with van der Waals surface area (Å²) in [6.45, 7) is 2.96. The van der Waals surface area contributed by atoms with E-state index >= 15 is 0 Å². The van der Waals surface area contributed by atoms with E-state index in [1.807, 2.05) is 6.92 Å². The molecule has 12 heavy (non-hydrogen) atoms. The summed E-state index contributed by atoms with van der Waals surface area (Å²) in [4.78, 5) is 12.5. The van der Waals surface area contributed by atoms with Gasteiger partial charge in [-0.25, -0.2) is 0 Å². The molecule has 0 rings (SSSR count). The second-order valence-corrected chi connectivity index (χ2v) is 2.91. The van der Waals surface area contributed by atoms with Crippen molar-refractivity contribution in [3.05, 3.63) is 0 Å². The molecule has 0 spiro atoms. The molecule has 2 N–H and O–H groups in total. The van der Waals surface area contributed by atoms with E-state index in [1.54, 1.807) is 14.1 Å². The summed E-state index contributed by atoms with van der Waals surface area (Å²) in [5.41, 5.74) is 0. The fourth-order valence-electron chi connectivity index (χ4n) is 0.537. The standard InChI is InChI=1S/C7H15N3OS/c1-4-8-7(12)9-5-6(11)10(2)3/h4-5H2,1-3H3,(H2,8,9,12). The second kappa shape index (κ2) is 5.77. The molecular formula is C7H15N3OS. The normalized spacial score (nSPS) is 8.92. The van der Waals surface area contributed by atoms with Crippen LogP contribution in [0, 0.1) is 0 Å². The van der Waals surface area contributed by atoms with Crippen LogP contribution in [0.1, 0.15) is 6.92 Å². The Morgan fingerprint density at radius 1 is 1.42 bits per heavy atom. The van der Waals surface area contributed by atoms with Crippen LogP contribution < -0.4 is 10.6 Å². The van der Waals surface area contributed by atoms with E-state index in [1.165, 1.54) is 4.90 Å². The quantitative estimate of drug-likeness (QED) is 0.591. The van der Waals surface area contributed by atoms with Crippen molar-refractivity contribution >= 4 is 23.2 Å². The monoisotopic (exact) mass is 189 g/mol. The topological polar surface area (TPSA) is 44.4 Å². The first-order valence-electron chi connectivity index (χ1n) is 3.79. The Labute approximate surface area is 78.3 Å². The summed E-state index contributed by atoms with van der Waals surface area (Å²) in [6.07, 6.45) is 0. The number of carbonyl (C=O) groups is 1. The van der Waals surface area contributed by atoms with E-state index in [4.69, 9.17) is 12.2 Å². The summed E-state index contributed by atoms with van der Waals surface area (Å²) in [5.74, 6) is 0.00949. The Morgan fingerprint density at radius 2 is 2.00 bits per heavy atom. The van der Waals surface area contributed by atoms with Gasteiger partial charge in [-0.2, -0.15) is 0 Å². The lowest BCUT2D eigenvalue weighted by Crippen LogP contribution is -2.41. The number of carbonyl (C=O) groups excluding carboxylic acids is 1. The maximum atomic E-state index is 11.0. The third-order valence-corrected chi connectivity index (χ3v) is 1.52. The average molecular weight is 189 g/mol. The van der Waals surface area contributed by atoms with E-state index in [2.05, 4.69) is 10.6 Å². The van der Waals surface area contributed by atoms with Crippen LogP contribution >= 0.6 is 12.2 Å². The van der Waals surface area contributed by atoms with Gasteiger partial charge >= 0.3 is 0 Å². The molecule has 0 atom stereocenters.